The fourth-order valence-electron chi connectivity index (χ4n) is 6.34. The average Bonchev–Trinajstić information content (AvgIpc) is 3.55. The Morgan fingerprint density at radius 1 is 0.725 bits per heavy atom. The molecule has 0 amide bonds. The summed E-state index contributed by atoms with van der Waals surface area (Å²) < 4.78 is 11.0. The summed E-state index contributed by atoms with van der Waals surface area (Å²) in [5.41, 5.74) is 10.7. The Labute approximate surface area is 238 Å². The van der Waals surface area contributed by atoms with Crippen molar-refractivity contribution in [1.29, 1.82) is 0 Å². The van der Waals surface area contributed by atoms with E-state index in [0.717, 1.165) is 89.1 Å². The van der Waals surface area contributed by atoms with Gasteiger partial charge < -0.3 is 19.4 Å². The number of benzene rings is 3. The van der Waals surface area contributed by atoms with Crippen molar-refractivity contribution in [2.24, 2.45) is 9.98 Å². The van der Waals surface area contributed by atoms with E-state index in [1.165, 1.54) is 27.5 Å². The van der Waals surface area contributed by atoms with E-state index >= 15 is 0 Å². The number of nitrogens with zero attached hydrogens (tertiary/aromatic N) is 2. The first kappa shape index (κ1) is 25.0. The maximum Gasteiger partial charge on any atom is 0.120 e. The first-order chi connectivity index (χ1) is 19.6. The van der Waals surface area contributed by atoms with Crippen molar-refractivity contribution in [2.45, 2.75) is 31.6 Å². The lowest BCUT2D eigenvalue weighted by atomic mass is 9.85. The summed E-state index contributed by atoms with van der Waals surface area (Å²) in [5, 5.41) is 3.24. The highest BCUT2D eigenvalue weighted by molar-refractivity contribution is 6.30. The number of aromatic nitrogens is 2. The Morgan fingerprint density at radius 3 is 1.70 bits per heavy atom. The molecule has 0 atom stereocenters. The van der Waals surface area contributed by atoms with E-state index in [9.17, 15) is 0 Å². The van der Waals surface area contributed by atoms with Gasteiger partial charge in [0.05, 0.1) is 37.0 Å². The van der Waals surface area contributed by atoms with Gasteiger partial charge in [-0.15, -0.1) is 0 Å². The average molecular weight is 551 g/mol. The number of fused-ring (bicyclic) bond motifs is 6. The molecule has 0 spiro atoms. The number of ether oxygens (including phenoxy) is 2. The van der Waals surface area contributed by atoms with Crippen LogP contribution in [-0.4, -0.2) is 48.7 Å². The van der Waals surface area contributed by atoms with Gasteiger partial charge in [-0.2, -0.15) is 0 Å². The highest BCUT2D eigenvalue weighted by atomic mass is 35.5. The Morgan fingerprint density at radius 2 is 1.23 bits per heavy atom. The molecule has 6 nitrogen and oxygen atoms in total. The Bertz CT molecular complexity index is 1690. The lowest BCUT2D eigenvalue weighted by molar-refractivity contribution is 0.415. The second-order valence-corrected chi connectivity index (χ2v) is 11.0. The number of nitrogens with one attached hydrogen (secondary N) is 2. The van der Waals surface area contributed by atoms with Crippen molar-refractivity contribution in [3.8, 4) is 11.5 Å². The molecule has 0 aliphatic carbocycles. The molecule has 2 aliphatic heterocycles. The van der Waals surface area contributed by atoms with Crippen molar-refractivity contribution in [1.82, 2.24) is 9.97 Å². The first-order valence-corrected chi connectivity index (χ1v) is 14.2. The maximum atomic E-state index is 6.30. The summed E-state index contributed by atoms with van der Waals surface area (Å²) in [6.07, 6.45) is 3.48. The van der Waals surface area contributed by atoms with Gasteiger partial charge in [0, 0.05) is 52.1 Å². The number of aromatic amines is 2. The van der Waals surface area contributed by atoms with E-state index in [1.807, 2.05) is 24.3 Å². The maximum absolute atomic E-state index is 6.30. The third-order valence-electron chi connectivity index (χ3n) is 8.35. The van der Waals surface area contributed by atoms with Gasteiger partial charge in [0.25, 0.3) is 0 Å². The lowest BCUT2D eigenvalue weighted by Crippen LogP contribution is -2.20. The van der Waals surface area contributed by atoms with Gasteiger partial charge in [-0.25, -0.2) is 0 Å². The highest BCUT2D eigenvalue weighted by Crippen LogP contribution is 2.36. The standard InChI is InChI=1S/C33H31ClN4O2/c1-39-22-7-9-24-26-11-13-35-30(32(26)37-28(24)17-22)15-20(19-3-5-21(34)6-4-19)16-31-33-27(12-14-36-31)25-10-8-23(40-2)18-29(25)38-33/h3-10,17-18,20,37-38H,11-16H2,1-2H3. The quantitative estimate of drug-likeness (QED) is 0.223. The van der Waals surface area contributed by atoms with Crippen LogP contribution in [0.2, 0.25) is 5.02 Å². The molecule has 0 saturated heterocycles. The molecule has 3 aromatic carbocycles. The molecule has 0 radical (unpaired) electrons. The van der Waals surface area contributed by atoms with E-state index in [4.69, 9.17) is 31.1 Å². The van der Waals surface area contributed by atoms with Crippen LogP contribution in [0, 0.1) is 0 Å². The molecule has 7 rings (SSSR count). The monoisotopic (exact) mass is 550 g/mol. The van der Waals surface area contributed by atoms with E-state index in [1.54, 1.807) is 14.2 Å². The third kappa shape index (κ3) is 4.37. The molecule has 0 saturated carbocycles. The highest BCUT2D eigenvalue weighted by Gasteiger charge is 2.27. The van der Waals surface area contributed by atoms with E-state index in [2.05, 4.69) is 46.4 Å². The molecular weight excluding hydrogens is 520 g/mol. The minimum atomic E-state index is 0.188. The molecule has 0 unspecified atom stereocenters. The zero-order valence-corrected chi connectivity index (χ0v) is 23.4. The minimum Gasteiger partial charge on any atom is -0.497 e. The molecule has 0 fully saturated rings. The molecule has 2 aromatic heterocycles. The number of H-pyrrole nitrogens is 2. The van der Waals surface area contributed by atoms with Gasteiger partial charge in [-0.05, 0) is 84.7 Å². The molecule has 2 N–H and O–H groups in total. The number of hydrogen-bond acceptors (Lipinski definition) is 4. The van der Waals surface area contributed by atoms with Crippen molar-refractivity contribution >= 4 is 44.8 Å². The van der Waals surface area contributed by atoms with Gasteiger partial charge in [-0.3, -0.25) is 9.98 Å². The van der Waals surface area contributed by atoms with Crippen LogP contribution in [-0.2, 0) is 12.8 Å². The van der Waals surface area contributed by atoms with Crippen molar-refractivity contribution in [3.05, 3.63) is 93.8 Å². The summed E-state index contributed by atoms with van der Waals surface area (Å²) in [5.74, 6) is 1.89. The van der Waals surface area contributed by atoms with Crippen LogP contribution in [0.4, 0.5) is 0 Å². The van der Waals surface area contributed by atoms with E-state index in [-0.39, 0.29) is 5.92 Å². The Kier molecular flexibility index (Phi) is 6.35. The largest absolute Gasteiger partial charge is 0.497 e. The van der Waals surface area contributed by atoms with E-state index in [0.29, 0.717) is 0 Å². The number of aliphatic imine (C=N–C) groups is 2. The molecule has 7 heteroatoms. The normalized spacial score (nSPS) is 14.7. The smallest absolute Gasteiger partial charge is 0.120 e. The Balaban J connectivity index is 1.25. The van der Waals surface area contributed by atoms with Crippen LogP contribution < -0.4 is 9.47 Å². The fraction of sp³-hybridized carbons (Fsp3) is 0.273. The van der Waals surface area contributed by atoms with Gasteiger partial charge in [-0.1, -0.05) is 23.7 Å². The molecule has 40 heavy (non-hydrogen) atoms. The molecule has 5 aromatic rings. The molecule has 202 valence electrons. The number of rotatable bonds is 7. The summed E-state index contributed by atoms with van der Waals surface area (Å²) >= 11 is 6.30. The second-order valence-electron chi connectivity index (χ2n) is 10.6. The van der Waals surface area contributed by atoms with Crippen LogP contribution in [0.3, 0.4) is 0 Å². The Hall–Kier alpha value is -4.03. The molecule has 2 aliphatic rings. The molecule has 4 heterocycles. The van der Waals surface area contributed by atoms with Crippen LogP contribution in [0.25, 0.3) is 21.8 Å². The predicted molar refractivity (Wildman–Crippen MR) is 163 cm³/mol. The van der Waals surface area contributed by atoms with Crippen molar-refractivity contribution in [3.63, 3.8) is 0 Å². The summed E-state index contributed by atoms with van der Waals surface area (Å²) in [6.45, 7) is 1.59. The summed E-state index contributed by atoms with van der Waals surface area (Å²) in [6, 6.07) is 20.8. The van der Waals surface area contributed by atoms with Crippen molar-refractivity contribution < 1.29 is 9.47 Å². The number of hydrogen-bond donors (Lipinski definition) is 2. The zero-order chi connectivity index (χ0) is 27.2. The summed E-state index contributed by atoms with van der Waals surface area (Å²) in [4.78, 5) is 17.4. The van der Waals surface area contributed by atoms with Gasteiger partial charge in [0.15, 0.2) is 0 Å². The third-order valence-corrected chi connectivity index (χ3v) is 8.61. The lowest BCUT2D eigenvalue weighted by Gasteiger charge is -2.23. The van der Waals surface area contributed by atoms with E-state index < -0.39 is 0 Å². The second kappa shape index (κ2) is 10.2. The van der Waals surface area contributed by atoms with Gasteiger partial charge in [0.1, 0.15) is 11.5 Å². The first-order valence-electron chi connectivity index (χ1n) is 13.8. The van der Waals surface area contributed by atoms with Gasteiger partial charge in [0.2, 0.25) is 0 Å². The van der Waals surface area contributed by atoms with Crippen LogP contribution >= 0.6 is 11.6 Å². The number of halogens is 1. The van der Waals surface area contributed by atoms with Crippen LogP contribution in [0.15, 0.2) is 70.6 Å². The van der Waals surface area contributed by atoms with Gasteiger partial charge >= 0.3 is 0 Å². The minimum absolute atomic E-state index is 0.188. The number of methoxy groups -OCH3 is 2. The molecular formula is C33H31ClN4O2. The van der Waals surface area contributed by atoms with Crippen molar-refractivity contribution in [2.75, 3.05) is 27.3 Å². The summed E-state index contributed by atoms with van der Waals surface area (Å²) in [7, 11) is 3.41. The fourth-order valence-corrected chi connectivity index (χ4v) is 6.47. The predicted octanol–water partition coefficient (Wildman–Crippen LogP) is 7.27. The SMILES string of the molecule is COc1ccc2c3c([nH]c2c1)C(CC(CC1=NCCc2c1[nH]c1cc(OC)ccc21)c1ccc(Cl)cc1)=NCC3. The van der Waals surface area contributed by atoms with Crippen LogP contribution in [0.5, 0.6) is 11.5 Å². The molecule has 0 bridgehead atoms. The zero-order valence-electron chi connectivity index (χ0n) is 22.7. The topological polar surface area (TPSA) is 74.8 Å². The van der Waals surface area contributed by atoms with Crippen LogP contribution in [0.1, 0.15) is 46.8 Å².